The van der Waals surface area contributed by atoms with Crippen LogP contribution in [0.4, 0.5) is 0 Å². The molecule has 2 aliphatic carbocycles. The van der Waals surface area contributed by atoms with Gasteiger partial charge in [-0.15, -0.1) is 0 Å². The topological polar surface area (TPSA) is 66.4 Å². The van der Waals surface area contributed by atoms with E-state index < -0.39 is 11.9 Å². The molecule has 84 valence electrons. The zero-order chi connectivity index (χ0) is 10.8. The molecule has 2 rings (SSSR count). The molecule has 15 heavy (non-hydrogen) atoms. The summed E-state index contributed by atoms with van der Waals surface area (Å²) < 4.78 is 0. The summed E-state index contributed by atoms with van der Waals surface area (Å²) in [5.41, 5.74) is 0. The Morgan fingerprint density at radius 2 is 1.60 bits per heavy atom. The number of hydrogen-bond acceptors (Lipinski definition) is 2. The van der Waals surface area contributed by atoms with E-state index in [2.05, 4.69) is 5.32 Å². The Hall–Kier alpha value is -1.06. The molecule has 0 aromatic heterocycles. The lowest BCUT2D eigenvalue weighted by Gasteiger charge is -2.32. The van der Waals surface area contributed by atoms with Crippen LogP contribution in [0.1, 0.15) is 38.5 Å². The fraction of sp³-hybridized carbons (Fsp3) is 0.818. The average Bonchev–Trinajstić information content (AvgIpc) is 2.52. The van der Waals surface area contributed by atoms with E-state index in [9.17, 15) is 9.59 Å². The van der Waals surface area contributed by atoms with Gasteiger partial charge in [-0.2, -0.15) is 0 Å². The summed E-state index contributed by atoms with van der Waals surface area (Å²) in [6, 6.07) is 0.299. The maximum Gasteiger partial charge on any atom is 0.307 e. The summed E-state index contributed by atoms with van der Waals surface area (Å²) in [7, 11) is 0. The number of carboxylic acids is 1. The summed E-state index contributed by atoms with van der Waals surface area (Å²) in [5.74, 6) is -1.58. The molecule has 1 amide bonds. The minimum absolute atomic E-state index is 0.0412. The van der Waals surface area contributed by atoms with Gasteiger partial charge in [0, 0.05) is 6.04 Å². The first-order chi connectivity index (χ1) is 7.18. The SMILES string of the molecule is O=C(NC1CCCC1)[C@H]1CC[C@H]1C(=O)O. The first-order valence-electron chi connectivity index (χ1n) is 5.71. The highest BCUT2D eigenvalue weighted by Crippen LogP contribution is 2.35. The van der Waals surface area contributed by atoms with Crippen molar-refractivity contribution in [3.8, 4) is 0 Å². The van der Waals surface area contributed by atoms with Crippen LogP contribution in [-0.4, -0.2) is 23.0 Å². The third kappa shape index (κ3) is 2.13. The largest absolute Gasteiger partial charge is 0.481 e. The fourth-order valence-corrected chi connectivity index (χ4v) is 2.49. The van der Waals surface area contributed by atoms with Crippen LogP contribution >= 0.6 is 0 Å². The molecule has 2 atom stereocenters. The summed E-state index contributed by atoms with van der Waals surface area (Å²) in [4.78, 5) is 22.5. The van der Waals surface area contributed by atoms with Crippen LogP contribution in [0.15, 0.2) is 0 Å². The molecule has 2 aliphatic rings. The van der Waals surface area contributed by atoms with Crippen LogP contribution in [0, 0.1) is 11.8 Å². The first kappa shape index (κ1) is 10.5. The molecule has 0 aromatic carbocycles. The molecule has 0 spiro atoms. The summed E-state index contributed by atoms with van der Waals surface area (Å²) in [6.45, 7) is 0. The maximum absolute atomic E-state index is 11.7. The van der Waals surface area contributed by atoms with Crippen LogP contribution in [0.2, 0.25) is 0 Å². The highest BCUT2D eigenvalue weighted by molar-refractivity contribution is 5.86. The van der Waals surface area contributed by atoms with Gasteiger partial charge < -0.3 is 10.4 Å². The number of rotatable bonds is 3. The second-order valence-electron chi connectivity index (χ2n) is 4.62. The van der Waals surface area contributed by atoms with Crippen molar-refractivity contribution in [2.75, 3.05) is 0 Å². The quantitative estimate of drug-likeness (QED) is 0.736. The van der Waals surface area contributed by atoms with Crippen LogP contribution in [0.25, 0.3) is 0 Å². The van der Waals surface area contributed by atoms with E-state index >= 15 is 0 Å². The van der Waals surface area contributed by atoms with Crippen LogP contribution in [0.3, 0.4) is 0 Å². The number of nitrogens with one attached hydrogen (secondary N) is 1. The van der Waals surface area contributed by atoms with Crippen molar-refractivity contribution in [2.45, 2.75) is 44.6 Å². The first-order valence-corrected chi connectivity index (χ1v) is 5.71. The number of carbonyl (C=O) groups excluding carboxylic acids is 1. The van der Waals surface area contributed by atoms with E-state index in [4.69, 9.17) is 5.11 Å². The average molecular weight is 211 g/mol. The standard InChI is InChI=1S/C11H17NO3/c13-10(12-7-3-1-2-4-7)8-5-6-9(8)11(14)15/h7-9H,1-6H2,(H,12,13)(H,14,15)/t8-,9+/m0/s1. The lowest BCUT2D eigenvalue weighted by molar-refractivity contribution is -0.152. The highest BCUT2D eigenvalue weighted by atomic mass is 16.4. The van der Waals surface area contributed by atoms with Crippen molar-refractivity contribution in [3.05, 3.63) is 0 Å². The molecule has 0 bridgehead atoms. The van der Waals surface area contributed by atoms with E-state index in [-0.39, 0.29) is 11.8 Å². The molecule has 2 N–H and O–H groups in total. The normalized spacial score (nSPS) is 30.9. The molecular formula is C11H17NO3. The van der Waals surface area contributed by atoms with Crippen molar-refractivity contribution in [1.29, 1.82) is 0 Å². The predicted molar refractivity (Wildman–Crippen MR) is 54.2 cm³/mol. The van der Waals surface area contributed by atoms with Crippen molar-refractivity contribution >= 4 is 11.9 Å². The molecule has 0 radical (unpaired) electrons. The molecule has 0 aliphatic heterocycles. The van der Waals surface area contributed by atoms with Gasteiger partial charge in [0.15, 0.2) is 0 Å². The second kappa shape index (κ2) is 4.21. The maximum atomic E-state index is 11.7. The molecule has 0 saturated heterocycles. The fourth-order valence-electron chi connectivity index (χ4n) is 2.49. The minimum atomic E-state index is -0.826. The molecule has 4 nitrogen and oxygen atoms in total. The number of amides is 1. The Kier molecular flexibility index (Phi) is 2.93. The van der Waals surface area contributed by atoms with Gasteiger partial charge in [0.2, 0.25) is 5.91 Å². The van der Waals surface area contributed by atoms with Gasteiger partial charge in [-0.1, -0.05) is 12.8 Å². The van der Waals surface area contributed by atoms with Crippen molar-refractivity contribution in [3.63, 3.8) is 0 Å². The second-order valence-corrected chi connectivity index (χ2v) is 4.62. The Morgan fingerprint density at radius 3 is 2.07 bits per heavy atom. The van der Waals surface area contributed by atoms with Crippen molar-refractivity contribution < 1.29 is 14.7 Å². The Morgan fingerprint density at radius 1 is 1.00 bits per heavy atom. The van der Waals surface area contributed by atoms with Gasteiger partial charge in [-0.05, 0) is 25.7 Å². The van der Waals surface area contributed by atoms with E-state index in [1.165, 1.54) is 12.8 Å². The van der Waals surface area contributed by atoms with Crippen molar-refractivity contribution in [2.24, 2.45) is 11.8 Å². The lowest BCUT2D eigenvalue weighted by atomic mass is 9.73. The highest BCUT2D eigenvalue weighted by Gasteiger charge is 2.41. The number of aliphatic carboxylic acids is 1. The zero-order valence-corrected chi connectivity index (χ0v) is 8.74. The zero-order valence-electron chi connectivity index (χ0n) is 8.74. The minimum Gasteiger partial charge on any atom is -0.481 e. The molecule has 0 unspecified atom stereocenters. The smallest absolute Gasteiger partial charge is 0.307 e. The van der Waals surface area contributed by atoms with Crippen LogP contribution in [0.5, 0.6) is 0 Å². The monoisotopic (exact) mass is 211 g/mol. The lowest BCUT2D eigenvalue weighted by Crippen LogP contribution is -2.46. The van der Waals surface area contributed by atoms with E-state index in [1.807, 2.05) is 0 Å². The predicted octanol–water partition coefficient (Wildman–Crippen LogP) is 1.16. The summed E-state index contributed by atoms with van der Waals surface area (Å²) >= 11 is 0. The Bertz CT molecular complexity index is 271. The number of carboxylic acid groups (broad SMARTS) is 1. The van der Waals surface area contributed by atoms with Gasteiger partial charge >= 0.3 is 5.97 Å². The molecule has 0 heterocycles. The number of hydrogen-bond donors (Lipinski definition) is 2. The van der Waals surface area contributed by atoms with Crippen LogP contribution in [-0.2, 0) is 9.59 Å². The molecule has 2 fully saturated rings. The van der Waals surface area contributed by atoms with Gasteiger partial charge in [0.05, 0.1) is 11.8 Å². The molecule has 0 aromatic rings. The van der Waals surface area contributed by atoms with Gasteiger partial charge in [0.1, 0.15) is 0 Å². The number of carbonyl (C=O) groups is 2. The van der Waals surface area contributed by atoms with E-state index in [0.717, 1.165) is 19.3 Å². The van der Waals surface area contributed by atoms with E-state index in [0.29, 0.717) is 12.5 Å². The van der Waals surface area contributed by atoms with Crippen molar-refractivity contribution in [1.82, 2.24) is 5.32 Å². The summed E-state index contributed by atoms with van der Waals surface area (Å²) in [5, 5.41) is 11.8. The third-order valence-electron chi connectivity index (χ3n) is 3.63. The third-order valence-corrected chi connectivity index (χ3v) is 3.63. The molecular weight excluding hydrogens is 194 g/mol. The van der Waals surface area contributed by atoms with Gasteiger partial charge in [-0.3, -0.25) is 9.59 Å². The Balaban J connectivity index is 1.82. The van der Waals surface area contributed by atoms with E-state index in [1.54, 1.807) is 0 Å². The van der Waals surface area contributed by atoms with Gasteiger partial charge in [-0.25, -0.2) is 0 Å². The molecule has 2 saturated carbocycles. The van der Waals surface area contributed by atoms with Crippen LogP contribution < -0.4 is 5.32 Å². The molecule has 4 heteroatoms. The van der Waals surface area contributed by atoms with Gasteiger partial charge in [0.25, 0.3) is 0 Å². The summed E-state index contributed by atoms with van der Waals surface area (Å²) in [6.07, 6.45) is 5.84. The Labute approximate surface area is 89.0 Å².